The van der Waals surface area contributed by atoms with Gasteiger partial charge in [0.05, 0.1) is 52.4 Å². The first kappa shape index (κ1) is 41.9. The number of nitriles is 1. The molecule has 7 heterocycles. The number of rotatable bonds is 9. The van der Waals surface area contributed by atoms with E-state index in [0.717, 1.165) is 71.4 Å². The lowest BCUT2D eigenvalue weighted by atomic mass is 9.59. The number of anilines is 3. The Labute approximate surface area is 377 Å². The zero-order chi connectivity index (χ0) is 44.8. The SMILES string of the molecule is CC1CCN(SNc2ccc(F)c(Oc3ccc4ncn(C5COC6(CCN(C7CC8(C7)CN(c7cc9c(cc7F)c(N7CCC(=O)NC7=O)nn9C)C8)CC6)C5)c(=O)c4c3)c2C#N)C1. The summed E-state index contributed by atoms with van der Waals surface area (Å²) in [4.78, 5) is 48.9. The number of nitrogens with one attached hydrogen (secondary N) is 2. The molecule has 16 nitrogen and oxygen atoms in total. The van der Waals surface area contributed by atoms with Crippen molar-refractivity contribution in [3.63, 3.8) is 0 Å². The molecule has 338 valence electrons. The number of carbonyl (C=O) groups excluding carboxylic acids is 2. The van der Waals surface area contributed by atoms with Crippen molar-refractivity contribution >= 4 is 63.1 Å². The molecule has 3 amide bonds. The molecule has 19 heteroatoms. The number of hydrogen-bond donors (Lipinski definition) is 2. The highest BCUT2D eigenvalue weighted by molar-refractivity contribution is 7.98. The number of aromatic nitrogens is 4. The standard InChI is InChI=1S/C46H49F2N11O5S/c1-27-7-11-57(22-27)65-53-37-6-4-34(47)41(33(37)21-49)64-30-3-5-36-31(15-30)43(61)59(26-50-36)29-20-46(63-23-29)9-13-55(14-10-46)28-18-45(19-28)24-56(25-45)39-17-38-32(16-35(39)48)42(52-54(38)2)58-12-8-40(60)51-44(58)62/h3-6,15-17,26-29,53H,7-14,18-20,22-25H2,1-2H3,(H,51,60,62). The second kappa shape index (κ2) is 16.0. The van der Waals surface area contributed by atoms with E-state index in [9.17, 15) is 19.6 Å². The lowest BCUT2D eigenvalue weighted by Gasteiger charge is -2.62. The van der Waals surface area contributed by atoms with Gasteiger partial charge in [-0.05, 0) is 86.9 Å². The Balaban J connectivity index is 0.702. The first-order chi connectivity index (χ1) is 31.4. The number of hydrogen-bond acceptors (Lipinski definition) is 13. The van der Waals surface area contributed by atoms with E-state index in [4.69, 9.17) is 9.47 Å². The second-order valence-electron chi connectivity index (χ2n) is 19.0. The van der Waals surface area contributed by atoms with Gasteiger partial charge in [0.2, 0.25) is 5.91 Å². The summed E-state index contributed by atoms with van der Waals surface area (Å²) < 4.78 is 52.1. The molecule has 1 saturated carbocycles. The number of benzene rings is 3. The number of halogens is 2. The van der Waals surface area contributed by atoms with E-state index in [1.165, 1.54) is 35.2 Å². The van der Waals surface area contributed by atoms with Crippen molar-refractivity contribution in [3.05, 3.63) is 76.3 Å². The van der Waals surface area contributed by atoms with E-state index in [1.54, 1.807) is 40.8 Å². The molecular weight excluding hydrogens is 857 g/mol. The molecule has 2 spiro atoms. The van der Waals surface area contributed by atoms with Gasteiger partial charge in [-0.15, -0.1) is 0 Å². The van der Waals surface area contributed by atoms with Crippen LogP contribution in [0.3, 0.4) is 0 Å². The molecule has 5 aromatic rings. The van der Waals surface area contributed by atoms with Crippen LogP contribution in [0.25, 0.3) is 21.8 Å². The van der Waals surface area contributed by atoms with Crippen molar-refractivity contribution in [2.24, 2.45) is 18.4 Å². The Hall–Kier alpha value is -5.81. The van der Waals surface area contributed by atoms with E-state index in [2.05, 4.69) is 47.2 Å². The summed E-state index contributed by atoms with van der Waals surface area (Å²) in [7, 11) is 1.77. The number of aryl methyl sites for hydroxylation is 1. The minimum Gasteiger partial charge on any atom is -0.453 e. The molecule has 1 aliphatic carbocycles. The highest BCUT2D eigenvalue weighted by Gasteiger charge is 2.55. The van der Waals surface area contributed by atoms with Crippen LogP contribution in [0.4, 0.5) is 30.8 Å². The Morgan fingerprint density at radius 2 is 1.80 bits per heavy atom. The minimum absolute atomic E-state index is 0.0377. The minimum atomic E-state index is -0.683. The molecule has 2 unspecified atom stereocenters. The van der Waals surface area contributed by atoms with Crippen molar-refractivity contribution in [2.45, 2.75) is 69.6 Å². The van der Waals surface area contributed by atoms with Gasteiger partial charge in [-0.2, -0.15) is 10.4 Å². The summed E-state index contributed by atoms with van der Waals surface area (Å²) in [5.74, 6) is -0.445. The fourth-order valence-corrected chi connectivity index (χ4v) is 11.9. The van der Waals surface area contributed by atoms with Gasteiger partial charge in [0.15, 0.2) is 17.4 Å². The summed E-state index contributed by atoms with van der Waals surface area (Å²) in [5.41, 5.74) is 1.80. The van der Waals surface area contributed by atoms with E-state index < -0.39 is 11.8 Å². The third-order valence-corrected chi connectivity index (χ3v) is 15.5. The maximum atomic E-state index is 15.7. The van der Waals surface area contributed by atoms with Gasteiger partial charge in [0.25, 0.3) is 5.56 Å². The summed E-state index contributed by atoms with van der Waals surface area (Å²) in [5, 5.41) is 17.8. The van der Waals surface area contributed by atoms with Gasteiger partial charge in [0, 0.05) is 88.3 Å². The van der Waals surface area contributed by atoms with Crippen molar-refractivity contribution < 1.29 is 27.8 Å². The molecule has 5 saturated heterocycles. The number of likely N-dealkylation sites (tertiary alicyclic amines) is 1. The van der Waals surface area contributed by atoms with E-state index in [0.29, 0.717) is 64.0 Å². The monoisotopic (exact) mass is 905 g/mol. The number of amides is 3. The predicted octanol–water partition coefficient (Wildman–Crippen LogP) is 6.45. The van der Waals surface area contributed by atoms with Gasteiger partial charge >= 0.3 is 6.03 Å². The van der Waals surface area contributed by atoms with Gasteiger partial charge in [-0.3, -0.25) is 29.1 Å². The van der Waals surface area contributed by atoms with Crippen LogP contribution < -0.4 is 30.1 Å². The quantitative estimate of drug-likeness (QED) is 0.155. The molecule has 11 rings (SSSR count). The number of carbonyl (C=O) groups is 2. The van der Waals surface area contributed by atoms with Crippen LogP contribution in [-0.4, -0.2) is 105 Å². The smallest absolute Gasteiger partial charge is 0.329 e. The number of fused-ring (bicyclic) bond motifs is 2. The topological polar surface area (TPSA) is 166 Å². The summed E-state index contributed by atoms with van der Waals surface area (Å²) in [6.45, 7) is 7.96. The molecule has 5 aliphatic heterocycles. The van der Waals surface area contributed by atoms with Crippen LogP contribution in [-0.2, 0) is 16.6 Å². The zero-order valence-electron chi connectivity index (χ0n) is 36.2. The summed E-state index contributed by atoms with van der Waals surface area (Å²) >= 11 is 1.39. The van der Waals surface area contributed by atoms with Crippen LogP contribution in [0.1, 0.15) is 63.5 Å². The summed E-state index contributed by atoms with van der Waals surface area (Å²) in [6.07, 6.45) is 7.35. The molecule has 2 aromatic heterocycles. The largest absolute Gasteiger partial charge is 0.453 e. The number of nitrogens with zero attached hydrogens (tertiary/aromatic N) is 9. The van der Waals surface area contributed by atoms with Crippen molar-refractivity contribution in [2.75, 3.05) is 66.9 Å². The summed E-state index contributed by atoms with van der Waals surface area (Å²) in [6, 6.07) is 12.7. The predicted molar refractivity (Wildman–Crippen MR) is 241 cm³/mol. The first-order valence-corrected chi connectivity index (χ1v) is 23.1. The number of ether oxygens (including phenoxy) is 2. The first-order valence-electron chi connectivity index (χ1n) is 22.4. The zero-order valence-corrected chi connectivity index (χ0v) is 37.0. The number of piperidine rings is 1. The lowest BCUT2D eigenvalue weighted by Crippen LogP contribution is -2.67. The highest BCUT2D eigenvalue weighted by Crippen LogP contribution is 2.53. The molecule has 6 aliphatic rings. The Bertz CT molecular complexity index is 2860. The Kier molecular flexibility index (Phi) is 10.3. The van der Waals surface area contributed by atoms with E-state index in [-0.39, 0.29) is 64.4 Å². The Morgan fingerprint density at radius 1 is 0.985 bits per heavy atom. The van der Waals surface area contributed by atoms with Gasteiger partial charge < -0.3 is 24.0 Å². The van der Waals surface area contributed by atoms with Crippen LogP contribution in [0.2, 0.25) is 0 Å². The third kappa shape index (κ3) is 7.44. The van der Waals surface area contributed by atoms with Crippen LogP contribution in [0.5, 0.6) is 11.5 Å². The third-order valence-electron chi connectivity index (χ3n) is 14.6. The molecule has 0 radical (unpaired) electrons. The number of imide groups is 1. The molecule has 2 atom stereocenters. The van der Waals surface area contributed by atoms with Crippen molar-refractivity contribution in [1.82, 2.24) is 33.9 Å². The maximum absolute atomic E-state index is 15.7. The van der Waals surface area contributed by atoms with Crippen LogP contribution in [0, 0.1) is 34.3 Å². The molecular formula is C46H49F2N11O5S. The number of urea groups is 1. The lowest BCUT2D eigenvalue weighted by molar-refractivity contribution is -0.120. The van der Waals surface area contributed by atoms with Crippen molar-refractivity contribution in [1.29, 1.82) is 5.26 Å². The maximum Gasteiger partial charge on any atom is 0.329 e. The van der Waals surface area contributed by atoms with E-state index in [1.807, 2.05) is 6.07 Å². The average Bonchev–Trinajstić information content (AvgIpc) is 3.97. The second-order valence-corrected chi connectivity index (χ2v) is 19.9. The van der Waals surface area contributed by atoms with E-state index >= 15 is 8.78 Å². The van der Waals surface area contributed by atoms with Gasteiger partial charge in [-0.1, -0.05) is 6.92 Å². The fraction of sp³-hybridized carbons (Fsp3) is 0.478. The normalized spacial score (nSPS) is 23.3. The molecule has 2 N–H and O–H groups in total. The molecule has 6 fully saturated rings. The highest BCUT2D eigenvalue weighted by atomic mass is 32.2. The fourth-order valence-electron chi connectivity index (χ4n) is 11.0. The molecule has 0 bridgehead atoms. The van der Waals surface area contributed by atoms with Gasteiger partial charge in [0.1, 0.15) is 23.2 Å². The van der Waals surface area contributed by atoms with Gasteiger partial charge in [-0.25, -0.2) is 22.9 Å². The van der Waals surface area contributed by atoms with Crippen LogP contribution >= 0.6 is 12.1 Å². The Morgan fingerprint density at radius 3 is 2.55 bits per heavy atom. The molecule has 65 heavy (non-hydrogen) atoms. The van der Waals surface area contributed by atoms with Crippen LogP contribution in [0.15, 0.2) is 53.6 Å². The average molecular weight is 906 g/mol. The van der Waals surface area contributed by atoms with Crippen molar-refractivity contribution in [3.8, 4) is 17.6 Å². The molecule has 3 aromatic carbocycles.